The van der Waals surface area contributed by atoms with Gasteiger partial charge in [-0.3, -0.25) is 0 Å². The summed E-state index contributed by atoms with van der Waals surface area (Å²) in [6, 6.07) is 5.22. The van der Waals surface area contributed by atoms with Gasteiger partial charge >= 0.3 is 0 Å². The number of benzene rings is 1. The fourth-order valence-electron chi connectivity index (χ4n) is 1.92. The van der Waals surface area contributed by atoms with Crippen molar-refractivity contribution in [2.75, 3.05) is 13.1 Å². The largest absolute Gasteiger partial charge is 0.316 e. The zero-order valence-corrected chi connectivity index (χ0v) is 12.2. The van der Waals surface area contributed by atoms with Crippen LogP contribution in [-0.2, 0) is 6.42 Å². The van der Waals surface area contributed by atoms with Crippen molar-refractivity contribution in [3.05, 3.63) is 34.6 Å². The van der Waals surface area contributed by atoms with E-state index < -0.39 is 0 Å². The van der Waals surface area contributed by atoms with Crippen molar-refractivity contribution in [3.63, 3.8) is 0 Å². The van der Waals surface area contributed by atoms with Gasteiger partial charge in [0.2, 0.25) is 0 Å². The van der Waals surface area contributed by atoms with Crippen LogP contribution in [0.2, 0.25) is 5.02 Å². The summed E-state index contributed by atoms with van der Waals surface area (Å²) in [6.45, 7) is 8.56. The van der Waals surface area contributed by atoms with E-state index in [-0.39, 0.29) is 10.8 Å². The molecule has 0 aliphatic carbocycles. The van der Waals surface area contributed by atoms with Gasteiger partial charge in [-0.05, 0) is 49.4 Å². The van der Waals surface area contributed by atoms with Crippen molar-refractivity contribution in [3.8, 4) is 0 Å². The molecule has 1 rings (SSSR count). The highest BCUT2D eigenvalue weighted by Gasteiger charge is 2.10. The highest BCUT2D eigenvalue weighted by atomic mass is 35.5. The molecule has 18 heavy (non-hydrogen) atoms. The minimum Gasteiger partial charge on any atom is -0.316 e. The van der Waals surface area contributed by atoms with Crippen LogP contribution < -0.4 is 5.32 Å². The second kappa shape index (κ2) is 7.75. The van der Waals surface area contributed by atoms with Gasteiger partial charge in [-0.1, -0.05) is 44.5 Å². The maximum absolute atomic E-state index is 13.7. The van der Waals surface area contributed by atoms with Gasteiger partial charge in [-0.25, -0.2) is 4.39 Å². The van der Waals surface area contributed by atoms with Gasteiger partial charge in [0.25, 0.3) is 0 Å². The highest BCUT2D eigenvalue weighted by Crippen LogP contribution is 2.21. The van der Waals surface area contributed by atoms with E-state index in [1.54, 1.807) is 6.07 Å². The van der Waals surface area contributed by atoms with Crippen molar-refractivity contribution in [2.45, 2.75) is 33.6 Å². The van der Waals surface area contributed by atoms with Gasteiger partial charge < -0.3 is 5.32 Å². The first kappa shape index (κ1) is 15.5. The number of nitrogens with one attached hydrogen (secondary N) is 1. The Hall–Kier alpha value is -0.600. The molecule has 102 valence electrons. The molecule has 0 aromatic heterocycles. The summed E-state index contributed by atoms with van der Waals surface area (Å²) in [5.74, 6) is 0.865. The zero-order chi connectivity index (χ0) is 13.5. The molecule has 1 nitrogen and oxygen atoms in total. The summed E-state index contributed by atoms with van der Waals surface area (Å²) in [4.78, 5) is 0. The van der Waals surface area contributed by atoms with E-state index in [1.807, 2.05) is 12.1 Å². The summed E-state index contributed by atoms with van der Waals surface area (Å²) in [5, 5.41) is 3.63. The third kappa shape index (κ3) is 5.36. The Balaban J connectivity index is 2.35. The number of halogens is 2. The summed E-state index contributed by atoms with van der Waals surface area (Å²) in [7, 11) is 0. The van der Waals surface area contributed by atoms with E-state index in [4.69, 9.17) is 11.6 Å². The molecule has 1 N–H and O–H groups in total. The topological polar surface area (TPSA) is 12.0 Å². The third-order valence-corrected chi connectivity index (χ3v) is 3.26. The van der Waals surface area contributed by atoms with E-state index in [1.165, 1.54) is 0 Å². The van der Waals surface area contributed by atoms with Crippen LogP contribution >= 0.6 is 11.6 Å². The number of hydrogen-bond acceptors (Lipinski definition) is 1. The van der Waals surface area contributed by atoms with Crippen molar-refractivity contribution < 1.29 is 4.39 Å². The monoisotopic (exact) mass is 271 g/mol. The van der Waals surface area contributed by atoms with E-state index >= 15 is 0 Å². The average Bonchev–Trinajstić information content (AvgIpc) is 2.30. The van der Waals surface area contributed by atoms with Crippen molar-refractivity contribution in [2.24, 2.45) is 11.8 Å². The Morgan fingerprint density at radius 3 is 2.67 bits per heavy atom. The first-order valence-corrected chi connectivity index (χ1v) is 7.02. The molecule has 0 fully saturated rings. The van der Waals surface area contributed by atoms with E-state index in [0.29, 0.717) is 11.8 Å². The zero-order valence-electron chi connectivity index (χ0n) is 11.5. The predicted molar refractivity (Wildman–Crippen MR) is 76.6 cm³/mol. The lowest BCUT2D eigenvalue weighted by atomic mass is 9.97. The van der Waals surface area contributed by atoms with Gasteiger partial charge in [0, 0.05) is 0 Å². The van der Waals surface area contributed by atoms with Crippen LogP contribution in [0.3, 0.4) is 0 Å². The number of rotatable bonds is 7. The molecule has 1 atom stereocenters. The summed E-state index contributed by atoms with van der Waals surface area (Å²) in [6.07, 6.45) is 1.80. The second-order valence-electron chi connectivity index (χ2n) is 5.41. The minimum absolute atomic E-state index is 0.220. The van der Waals surface area contributed by atoms with E-state index in [0.717, 1.165) is 31.5 Å². The van der Waals surface area contributed by atoms with Gasteiger partial charge in [0.05, 0.1) is 5.02 Å². The molecule has 1 aromatic rings. The Kier molecular flexibility index (Phi) is 6.66. The van der Waals surface area contributed by atoms with Crippen molar-refractivity contribution in [1.82, 2.24) is 5.32 Å². The van der Waals surface area contributed by atoms with Crippen LogP contribution in [0.5, 0.6) is 0 Å². The smallest absolute Gasteiger partial charge is 0.144 e. The Labute approximate surface area is 115 Å². The SMILES string of the molecule is CC(C)CNCCC(C)Cc1cccc(Cl)c1F. The summed E-state index contributed by atoms with van der Waals surface area (Å²) < 4.78 is 13.7. The Morgan fingerprint density at radius 2 is 2.00 bits per heavy atom. The van der Waals surface area contributed by atoms with Crippen molar-refractivity contribution >= 4 is 11.6 Å². The average molecular weight is 272 g/mol. The van der Waals surface area contributed by atoms with Crippen LogP contribution in [0.4, 0.5) is 4.39 Å². The standard InChI is InChI=1S/C15H23ClFN/c1-11(2)10-18-8-7-12(3)9-13-5-4-6-14(16)15(13)17/h4-6,11-12,18H,7-10H2,1-3H3. The fraction of sp³-hybridized carbons (Fsp3) is 0.600. The van der Waals surface area contributed by atoms with Gasteiger partial charge in [-0.15, -0.1) is 0 Å². The normalized spacial score (nSPS) is 13.0. The minimum atomic E-state index is -0.263. The van der Waals surface area contributed by atoms with Gasteiger partial charge in [0.1, 0.15) is 5.82 Å². The highest BCUT2D eigenvalue weighted by molar-refractivity contribution is 6.30. The Morgan fingerprint density at radius 1 is 1.28 bits per heavy atom. The molecular formula is C15H23ClFN. The van der Waals surface area contributed by atoms with Crippen LogP contribution in [0, 0.1) is 17.7 Å². The predicted octanol–water partition coefficient (Wildman–Crippen LogP) is 4.29. The molecule has 1 aromatic carbocycles. The third-order valence-electron chi connectivity index (χ3n) is 2.97. The lowest BCUT2D eigenvalue weighted by molar-refractivity contribution is 0.467. The van der Waals surface area contributed by atoms with Crippen LogP contribution in [0.1, 0.15) is 32.8 Å². The molecule has 0 amide bonds. The first-order valence-electron chi connectivity index (χ1n) is 6.64. The molecule has 3 heteroatoms. The lowest BCUT2D eigenvalue weighted by Gasteiger charge is -2.14. The van der Waals surface area contributed by atoms with Gasteiger partial charge in [0.15, 0.2) is 0 Å². The summed E-state index contributed by atoms with van der Waals surface area (Å²) in [5.41, 5.74) is 0.721. The Bertz CT molecular complexity index is 366. The van der Waals surface area contributed by atoms with Crippen molar-refractivity contribution in [1.29, 1.82) is 0 Å². The molecule has 0 aliphatic rings. The quantitative estimate of drug-likeness (QED) is 0.730. The molecule has 0 saturated carbocycles. The number of hydrogen-bond donors (Lipinski definition) is 1. The molecule has 0 bridgehead atoms. The van der Waals surface area contributed by atoms with E-state index in [2.05, 4.69) is 26.1 Å². The maximum Gasteiger partial charge on any atom is 0.144 e. The molecule has 0 spiro atoms. The second-order valence-corrected chi connectivity index (χ2v) is 5.82. The molecule has 0 saturated heterocycles. The molecule has 1 unspecified atom stereocenters. The molecule has 0 radical (unpaired) electrons. The lowest BCUT2D eigenvalue weighted by Crippen LogP contribution is -2.22. The molecule has 0 aliphatic heterocycles. The van der Waals surface area contributed by atoms with Crippen LogP contribution in [0.25, 0.3) is 0 Å². The maximum atomic E-state index is 13.7. The van der Waals surface area contributed by atoms with E-state index in [9.17, 15) is 4.39 Å². The fourth-order valence-corrected chi connectivity index (χ4v) is 2.12. The van der Waals surface area contributed by atoms with Crippen LogP contribution in [0.15, 0.2) is 18.2 Å². The van der Waals surface area contributed by atoms with Crippen LogP contribution in [-0.4, -0.2) is 13.1 Å². The summed E-state index contributed by atoms with van der Waals surface area (Å²) >= 11 is 5.77. The first-order chi connectivity index (χ1) is 8.50. The molecular weight excluding hydrogens is 249 g/mol. The molecule has 0 heterocycles. The van der Waals surface area contributed by atoms with Gasteiger partial charge in [-0.2, -0.15) is 0 Å².